The summed E-state index contributed by atoms with van der Waals surface area (Å²) < 4.78 is 26.7. The van der Waals surface area contributed by atoms with E-state index in [0.29, 0.717) is 19.4 Å². The lowest BCUT2D eigenvalue weighted by Gasteiger charge is -2.31. The van der Waals surface area contributed by atoms with Gasteiger partial charge >= 0.3 is 0 Å². The molecule has 2 heterocycles. The van der Waals surface area contributed by atoms with Crippen molar-refractivity contribution in [2.24, 2.45) is 5.92 Å². The Hall–Kier alpha value is -2.78. The largest absolute Gasteiger partial charge is 0.350 e. The molecule has 1 unspecified atom stereocenters. The van der Waals surface area contributed by atoms with Crippen molar-refractivity contribution < 1.29 is 18.0 Å². The monoisotopic (exact) mass is 430 g/mol. The average Bonchev–Trinajstić information content (AvgIpc) is 2.78. The van der Waals surface area contributed by atoms with Gasteiger partial charge in [-0.15, -0.1) is 0 Å². The minimum Gasteiger partial charge on any atom is -0.350 e. The first kappa shape index (κ1) is 21.9. The van der Waals surface area contributed by atoms with Crippen LogP contribution in [0.4, 0.5) is 0 Å². The van der Waals surface area contributed by atoms with Gasteiger partial charge in [0.05, 0.1) is 0 Å². The Morgan fingerprint density at radius 3 is 2.47 bits per heavy atom. The highest BCUT2D eigenvalue weighted by Crippen LogP contribution is 2.23. The van der Waals surface area contributed by atoms with E-state index in [1.165, 1.54) is 22.8 Å². The molecule has 9 heteroatoms. The maximum atomic E-state index is 12.7. The lowest BCUT2D eigenvalue weighted by molar-refractivity contribution is -0.131. The summed E-state index contributed by atoms with van der Waals surface area (Å²) >= 11 is 0. The first-order chi connectivity index (χ1) is 14.4. The van der Waals surface area contributed by atoms with Crippen LogP contribution in [0.2, 0.25) is 0 Å². The van der Waals surface area contributed by atoms with E-state index >= 15 is 0 Å². The quantitative estimate of drug-likeness (QED) is 0.688. The van der Waals surface area contributed by atoms with Gasteiger partial charge in [-0.3, -0.25) is 14.6 Å². The van der Waals surface area contributed by atoms with Crippen LogP contribution in [0.3, 0.4) is 0 Å². The van der Waals surface area contributed by atoms with Crippen molar-refractivity contribution in [2.75, 3.05) is 13.1 Å². The number of benzene rings is 1. The third-order valence-electron chi connectivity index (χ3n) is 5.16. The number of pyridine rings is 1. The molecule has 30 heavy (non-hydrogen) atoms. The van der Waals surface area contributed by atoms with E-state index in [0.717, 1.165) is 5.56 Å². The zero-order valence-electron chi connectivity index (χ0n) is 16.8. The Balaban J connectivity index is 1.47. The normalized spacial score (nSPS) is 16.6. The number of piperidine rings is 1. The summed E-state index contributed by atoms with van der Waals surface area (Å²) in [5.74, 6) is -0.811. The molecule has 3 rings (SSSR count). The Morgan fingerprint density at radius 2 is 1.83 bits per heavy atom. The number of nitrogens with zero attached hydrogens (tertiary/aromatic N) is 2. The van der Waals surface area contributed by atoms with Gasteiger partial charge in [-0.2, -0.15) is 4.31 Å². The number of hydrogen-bond donors (Lipinski definition) is 2. The number of aromatic nitrogens is 1. The van der Waals surface area contributed by atoms with E-state index in [9.17, 15) is 18.0 Å². The number of carbonyl (C=O) groups is 2. The summed E-state index contributed by atoms with van der Waals surface area (Å²) in [6.45, 7) is 2.54. The zero-order chi connectivity index (χ0) is 21.6. The van der Waals surface area contributed by atoms with E-state index in [1.54, 1.807) is 13.0 Å². The van der Waals surface area contributed by atoms with Gasteiger partial charge in [0.2, 0.25) is 21.8 Å². The van der Waals surface area contributed by atoms with Crippen LogP contribution >= 0.6 is 0 Å². The molecule has 0 aliphatic carbocycles. The molecule has 0 radical (unpaired) electrons. The number of carbonyl (C=O) groups excluding carboxylic acids is 2. The Bertz CT molecular complexity index is 959. The predicted octanol–water partition coefficient (Wildman–Crippen LogP) is 1.30. The molecule has 2 aromatic rings. The lowest BCUT2D eigenvalue weighted by Crippen LogP contribution is -2.49. The van der Waals surface area contributed by atoms with Gasteiger partial charge in [-0.25, -0.2) is 8.42 Å². The Morgan fingerprint density at radius 1 is 1.13 bits per heavy atom. The summed E-state index contributed by atoms with van der Waals surface area (Å²) in [5.41, 5.74) is 0.978. The Kier molecular flexibility index (Phi) is 7.17. The molecule has 0 bridgehead atoms. The molecule has 1 fully saturated rings. The molecule has 1 aromatic heterocycles. The topological polar surface area (TPSA) is 108 Å². The molecule has 0 saturated carbocycles. The molecular formula is C21H26N4O4S. The molecule has 1 atom stereocenters. The van der Waals surface area contributed by atoms with Gasteiger partial charge in [0, 0.05) is 37.9 Å². The van der Waals surface area contributed by atoms with Crippen LogP contribution in [-0.2, 0) is 26.2 Å². The fourth-order valence-electron chi connectivity index (χ4n) is 3.34. The maximum absolute atomic E-state index is 12.7. The van der Waals surface area contributed by atoms with Crippen LogP contribution in [0.25, 0.3) is 0 Å². The second-order valence-electron chi connectivity index (χ2n) is 7.30. The number of nitrogens with one attached hydrogen (secondary N) is 2. The second-order valence-corrected chi connectivity index (χ2v) is 9.24. The van der Waals surface area contributed by atoms with E-state index in [2.05, 4.69) is 15.6 Å². The molecule has 1 aromatic carbocycles. The number of hydrogen-bond acceptors (Lipinski definition) is 5. The third kappa shape index (κ3) is 5.43. The molecule has 8 nitrogen and oxygen atoms in total. The fraction of sp³-hybridized carbons (Fsp3) is 0.381. The van der Waals surface area contributed by atoms with Crippen LogP contribution in [0, 0.1) is 5.92 Å². The molecular weight excluding hydrogens is 404 g/mol. The van der Waals surface area contributed by atoms with Crippen molar-refractivity contribution in [1.29, 1.82) is 0 Å². The van der Waals surface area contributed by atoms with Crippen molar-refractivity contribution >= 4 is 21.8 Å². The van der Waals surface area contributed by atoms with Crippen LogP contribution in [0.15, 0.2) is 59.8 Å². The number of rotatable bonds is 7. The molecule has 2 amide bonds. The van der Waals surface area contributed by atoms with E-state index in [-0.39, 0.29) is 35.7 Å². The van der Waals surface area contributed by atoms with E-state index < -0.39 is 16.1 Å². The summed E-state index contributed by atoms with van der Waals surface area (Å²) in [6.07, 6.45) is 3.66. The van der Waals surface area contributed by atoms with Gasteiger partial charge in [0.15, 0.2) is 0 Å². The summed E-state index contributed by atoms with van der Waals surface area (Å²) in [6, 6.07) is 11.9. The molecule has 1 aliphatic heterocycles. The minimum absolute atomic E-state index is 0.150. The van der Waals surface area contributed by atoms with Crippen molar-refractivity contribution in [2.45, 2.75) is 37.2 Å². The van der Waals surface area contributed by atoms with Crippen LogP contribution in [0.1, 0.15) is 25.3 Å². The lowest BCUT2D eigenvalue weighted by atomic mass is 9.97. The number of amides is 2. The summed E-state index contributed by atoms with van der Waals surface area (Å²) in [4.78, 5) is 28.8. The first-order valence-electron chi connectivity index (χ1n) is 9.90. The van der Waals surface area contributed by atoms with Gasteiger partial charge < -0.3 is 10.6 Å². The molecule has 1 saturated heterocycles. The van der Waals surface area contributed by atoms with Gasteiger partial charge in [0.1, 0.15) is 10.9 Å². The van der Waals surface area contributed by atoms with E-state index in [4.69, 9.17) is 0 Å². The van der Waals surface area contributed by atoms with Crippen molar-refractivity contribution in [3.8, 4) is 0 Å². The van der Waals surface area contributed by atoms with Gasteiger partial charge in [-0.1, -0.05) is 30.3 Å². The van der Waals surface area contributed by atoms with Crippen molar-refractivity contribution in [3.05, 3.63) is 60.4 Å². The Labute approximate surface area is 176 Å². The SMILES string of the molecule is CC(NC(=O)C1CCN(S(=O)(=O)c2cccnc2)CC1)C(=O)NCc1ccccc1. The van der Waals surface area contributed by atoms with Gasteiger partial charge in [-0.05, 0) is 37.5 Å². The van der Waals surface area contributed by atoms with Crippen molar-refractivity contribution in [1.82, 2.24) is 19.9 Å². The third-order valence-corrected chi connectivity index (χ3v) is 7.04. The highest BCUT2D eigenvalue weighted by Gasteiger charge is 2.33. The minimum atomic E-state index is -3.61. The highest BCUT2D eigenvalue weighted by atomic mass is 32.2. The summed E-state index contributed by atoms with van der Waals surface area (Å²) in [7, 11) is -3.61. The smallest absolute Gasteiger partial charge is 0.244 e. The van der Waals surface area contributed by atoms with E-state index in [1.807, 2.05) is 30.3 Å². The summed E-state index contributed by atoms with van der Waals surface area (Å²) in [5, 5.41) is 5.55. The standard InChI is InChI=1S/C21H26N4O4S/c1-16(20(26)23-14-17-6-3-2-4-7-17)24-21(27)18-9-12-25(13-10-18)30(28,29)19-8-5-11-22-15-19/h2-8,11,15-16,18H,9-10,12-14H2,1H3,(H,23,26)(H,24,27). The van der Waals surface area contributed by atoms with Crippen molar-refractivity contribution in [3.63, 3.8) is 0 Å². The fourth-order valence-corrected chi connectivity index (χ4v) is 4.78. The number of sulfonamides is 1. The first-order valence-corrected chi connectivity index (χ1v) is 11.3. The molecule has 2 N–H and O–H groups in total. The second kappa shape index (κ2) is 9.82. The van der Waals surface area contributed by atoms with Crippen LogP contribution in [-0.4, -0.2) is 48.7 Å². The molecule has 160 valence electrons. The zero-order valence-corrected chi connectivity index (χ0v) is 17.6. The predicted molar refractivity (Wildman–Crippen MR) is 112 cm³/mol. The van der Waals surface area contributed by atoms with Crippen LogP contribution < -0.4 is 10.6 Å². The maximum Gasteiger partial charge on any atom is 0.244 e. The average molecular weight is 431 g/mol. The van der Waals surface area contributed by atoms with Gasteiger partial charge in [0.25, 0.3) is 0 Å². The highest BCUT2D eigenvalue weighted by molar-refractivity contribution is 7.89. The molecule has 0 spiro atoms. The molecule has 1 aliphatic rings. The van der Waals surface area contributed by atoms with Crippen LogP contribution in [0.5, 0.6) is 0 Å².